The predicted molar refractivity (Wildman–Crippen MR) is 69.2 cm³/mol. The fourth-order valence-electron chi connectivity index (χ4n) is 1.64. The maximum Gasteiger partial charge on any atom is 0.260 e. The summed E-state index contributed by atoms with van der Waals surface area (Å²) >= 11 is 0. The Morgan fingerprint density at radius 2 is 2.26 bits per heavy atom. The molecule has 0 aliphatic rings. The normalized spacial score (nSPS) is 10.7. The number of carbonyl (C=O) groups excluding carboxylic acids is 1. The lowest BCUT2D eigenvalue weighted by Crippen LogP contribution is -2.18. The maximum absolute atomic E-state index is 13.1. The highest BCUT2D eigenvalue weighted by Crippen LogP contribution is 2.16. The summed E-state index contributed by atoms with van der Waals surface area (Å²) in [6.45, 7) is 3.86. The van der Waals surface area contributed by atoms with E-state index in [2.05, 4.69) is 15.4 Å². The summed E-state index contributed by atoms with van der Waals surface area (Å²) in [5, 5.41) is 6.71. The lowest BCUT2D eigenvalue weighted by atomic mass is 10.2. The van der Waals surface area contributed by atoms with Gasteiger partial charge in [-0.1, -0.05) is 0 Å². The first-order valence-corrected chi connectivity index (χ1v) is 5.75. The van der Waals surface area contributed by atoms with Crippen molar-refractivity contribution in [2.75, 3.05) is 11.1 Å². The van der Waals surface area contributed by atoms with Crippen molar-refractivity contribution in [2.24, 2.45) is 0 Å². The van der Waals surface area contributed by atoms with E-state index in [4.69, 9.17) is 5.73 Å². The summed E-state index contributed by atoms with van der Waals surface area (Å²) < 4.78 is 14.7. The third-order valence-corrected chi connectivity index (χ3v) is 2.53. The van der Waals surface area contributed by atoms with Crippen molar-refractivity contribution in [3.05, 3.63) is 35.9 Å². The number of pyridine rings is 1. The highest BCUT2D eigenvalue weighted by molar-refractivity contribution is 6.06. The van der Waals surface area contributed by atoms with E-state index >= 15 is 0 Å². The van der Waals surface area contributed by atoms with Crippen LogP contribution in [-0.2, 0) is 0 Å². The van der Waals surface area contributed by atoms with Gasteiger partial charge in [0.1, 0.15) is 17.5 Å². The Morgan fingerprint density at radius 3 is 2.95 bits per heavy atom. The van der Waals surface area contributed by atoms with Gasteiger partial charge < -0.3 is 11.1 Å². The number of nitrogens with zero attached hydrogens (tertiary/aromatic N) is 3. The first-order valence-electron chi connectivity index (χ1n) is 5.75. The Hall–Kier alpha value is -2.44. The predicted octanol–water partition coefficient (Wildman–Crippen LogP) is 1.83. The molecule has 0 spiro atoms. The second-order valence-electron chi connectivity index (χ2n) is 4.30. The van der Waals surface area contributed by atoms with Gasteiger partial charge in [0.25, 0.3) is 5.91 Å². The molecule has 0 aliphatic heterocycles. The van der Waals surface area contributed by atoms with Crippen LogP contribution in [0.4, 0.5) is 16.0 Å². The van der Waals surface area contributed by atoms with E-state index in [1.54, 1.807) is 16.9 Å². The zero-order valence-corrected chi connectivity index (χ0v) is 10.6. The highest BCUT2D eigenvalue weighted by Gasteiger charge is 2.15. The van der Waals surface area contributed by atoms with Gasteiger partial charge in [-0.15, -0.1) is 0 Å². The number of anilines is 2. The molecule has 1 amide bonds. The van der Waals surface area contributed by atoms with Gasteiger partial charge in [-0.3, -0.25) is 4.79 Å². The molecule has 0 unspecified atom stereocenters. The molecular weight excluding hydrogens is 249 g/mol. The molecule has 0 saturated carbocycles. The molecule has 0 bridgehead atoms. The number of hydrogen-bond donors (Lipinski definition) is 2. The number of hydrogen-bond acceptors (Lipinski definition) is 4. The minimum Gasteiger partial charge on any atom is -0.383 e. The SMILES string of the molecule is CC(C)n1nccc1NC(=O)c1cc(F)cnc1N. The van der Waals surface area contributed by atoms with Crippen LogP contribution in [0.3, 0.4) is 0 Å². The minimum absolute atomic E-state index is 0.00324. The molecule has 0 radical (unpaired) electrons. The van der Waals surface area contributed by atoms with E-state index in [0.717, 1.165) is 12.3 Å². The van der Waals surface area contributed by atoms with E-state index in [-0.39, 0.29) is 17.4 Å². The monoisotopic (exact) mass is 263 g/mol. The van der Waals surface area contributed by atoms with Gasteiger partial charge in [0, 0.05) is 12.1 Å². The first-order chi connectivity index (χ1) is 8.99. The van der Waals surface area contributed by atoms with Crippen molar-refractivity contribution in [3.63, 3.8) is 0 Å². The molecule has 2 aromatic heterocycles. The van der Waals surface area contributed by atoms with Gasteiger partial charge in [-0.05, 0) is 19.9 Å². The van der Waals surface area contributed by atoms with Gasteiger partial charge >= 0.3 is 0 Å². The Morgan fingerprint density at radius 1 is 1.53 bits per heavy atom. The molecule has 0 aliphatic carbocycles. The molecule has 2 heterocycles. The molecule has 19 heavy (non-hydrogen) atoms. The molecule has 2 rings (SSSR count). The molecule has 100 valence electrons. The first kappa shape index (κ1) is 13.0. The van der Waals surface area contributed by atoms with Gasteiger partial charge in [-0.25, -0.2) is 14.1 Å². The van der Waals surface area contributed by atoms with Crippen LogP contribution >= 0.6 is 0 Å². The largest absolute Gasteiger partial charge is 0.383 e. The van der Waals surface area contributed by atoms with Crippen LogP contribution in [-0.4, -0.2) is 20.7 Å². The fourth-order valence-corrected chi connectivity index (χ4v) is 1.64. The number of carbonyl (C=O) groups is 1. The lowest BCUT2D eigenvalue weighted by Gasteiger charge is -2.12. The van der Waals surface area contributed by atoms with Crippen LogP contribution in [0.1, 0.15) is 30.2 Å². The van der Waals surface area contributed by atoms with Crippen LogP contribution in [0, 0.1) is 5.82 Å². The van der Waals surface area contributed by atoms with Gasteiger partial charge in [0.15, 0.2) is 0 Å². The Kier molecular flexibility index (Phi) is 3.46. The molecule has 3 N–H and O–H groups in total. The van der Waals surface area contributed by atoms with Crippen LogP contribution in [0.2, 0.25) is 0 Å². The van der Waals surface area contributed by atoms with E-state index in [1.807, 2.05) is 13.8 Å². The number of nitrogens with one attached hydrogen (secondary N) is 1. The summed E-state index contributed by atoms with van der Waals surface area (Å²) in [5.74, 6) is -0.637. The summed E-state index contributed by atoms with van der Waals surface area (Å²) in [6, 6.07) is 2.79. The quantitative estimate of drug-likeness (QED) is 0.884. The van der Waals surface area contributed by atoms with Crippen LogP contribution in [0.25, 0.3) is 0 Å². The van der Waals surface area contributed by atoms with Crippen LogP contribution < -0.4 is 11.1 Å². The molecule has 0 fully saturated rings. The molecule has 6 nitrogen and oxygen atoms in total. The molecular formula is C12H14FN5O. The van der Waals surface area contributed by atoms with Crippen molar-refractivity contribution in [3.8, 4) is 0 Å². The van der Waals surface area contributed by atoms with Crippen molar-refractivity contribution >= 4 is 17.5 Å². The van der Waals surface area contributed by atoms with E-state index < -0.39 is 11.7 Å². The topological polar surface area (TPSA) is 85.8 Å². The second kappa shape index (κ2) is 5.05. The van der Waals surface area contributed by atoms with E-state index in [9.17, 15) is 9.18 Å². The highest BCUT2D eigenvalue weighted by atomic mass is 19.1. The summed E-state index contributed by atoms with van der Waals surface area (Å²) in [6.07, 6.45) is 2.53. The molecule has 2 aromatic rings. The average molecular weight is 263 g/mol. The summed E-state index contributed by atoms with van der Waals surface area (Å²) in [7, 11) is 0. The third-order valence-electron chi connectivity index (χ3n) is 2.53. The molecule has 0 aromatic carbocycles. The zero-order valence-electron chi connectivity index (χ0n) is 10.6. The number of nitrogen functional groups attached to an aromatic ring is 1. The van der Waals surface area contributed by atoms with E-state index in [1.165, 1.54) is 0 Å². The van der Waals surface area contributed by atoms with Crippen molar-refractivity contribution in [2.45, 2.75) is 19.9 Å². The van der Waals surface area contributed by atoms with Gasteiger partial charge in [-0.2, -0.15) is 5.10 Å². The average Bonchev–Trinajstić information content (AvgIpc) is 2.80. The van der Waals surface area contributed by atoms with E-state index in [0.29, 0.717) is 5.82 Å². The van der Waals surface area contributed by atoms with Crippen molar-refractivity contribution in [1.29, 1.82) is 0 Å². The molecule has 0 atom stereocenters. The standard InChI is InChI=1S/C12H14FN5O/c1-7(2)18-10(3-4-16-18)17-12(19)9-5-8(13)6-15-11(9)14/h3-7H,1-2H3,(H2,14,15)(H,17,19). The van der Waals surface area contributed by atoms with Crippen LogP contribution in [0.5, 0.6) is 0 Å². The Balaban J connectivity index is 2.26. The Labute approximate surface area is 109 Å². The van der Waals surface area contributed by atoms with Gasteiger partial charge in [0.2, 0.25) is 0 Å². The lowest BCUT2D eigenvalue weighted by molar-refractivity contribution is 0.102. The molecule has 0 saturated heterocycles. The summed E-state index contributed by atoms with van der Waals surface area (Å²) in [5.41, 5.74) is 5.55. The fraction of sp³-hybridized carbons (Fsp3) is 0.250. The number of nitrogens with two attached hydrogens (primary N) is 1. The second-order valence-corrected chi connectivity index (χ2v) is 4.30. The number of aromatic nitrogens is 3. The Bertz CT molecular complexity index is 608. The number of halogens is 1. The van der Waals surface area contributed by atoms with Crippen molar-refractivity contribution < 1.29 is 9.18 Å². The third kappa shape index (κ3) is 2.70. The summed E-state index contributed by atoms with van der Waals surface area (Å²) in [4.78, 5) is 15.6. The number of amides is 1. The minimum atomic E-state index is -0.614. The maximum atomic E-state index is 13.1. The van der Waals surface area contributed by atoms with Crippen LogP contribution in [0.15, 0.2) is 24.5 Å². The van der Waals surface area contributed by atoms with Crippen molar-refractivity contribution in [1.82, 2.24) is 14.8 Å². The zero-order chi connectivity index (χ0) is 14.0. The number of rotatable bonds is 3. The molecule has 7 heteroatoms. The smallest absolute Gasteiger partial charge is 0.260 e. The van der Waals surface area contributed by atoms with Gasteiger partial charge in [0.05, 0.1) is 18.0 Å².